The standard InChI is InChI=1S/C12H13N3S/c13-12-7-14-11(6-15-12)9-16-8-10-4-2-1-3-5-10/h1-7H,8-9H2,(H2,13,15). The Hall–Kier alpha value is -1.55. The Morgan fingerprint density at radius 3 is 2.50 bits per heavy atom. The van der Waals surface area contributed by atoms with Crippen LogP contribution >= 0.6 is 11.8 Å². The lowest BCUT2D eigenvalue weighted by atomic mass is 10.2. The van der Waals surface area contributed by atoms with Crippen molar-refractivity contribution in [3.05, 3.63) is 54.0 Å². The Morgan fingerprint density at radius 1 is 1.00 bits per heavy atom. The first-order valence-corrected chi connectivity index (χ1v) is 6.18. The summed E-state index contributed by atoms with van der Waals surface area (Å²) in [4.78, 5) is 8.21. The van der Waals surface area contributed by atoms with Gasteiger partial charge < -0.3 is 5.73 Å². The molecule has 0 aliphatic heterocycles. The molecular weight excluding hydrogens is 218 g/mol. The molecule has 1 heterocycles. The van der Waals surface area contributed by atoms with Gasteiger partial charge in [0, 0.05) is 11.5 Å². The number of rotatable bonds is 4. The van der Waals surface area contributed by atoms with Crippen molar-refractivity contribution in [2.75, 3.05) is 5.73 Å². The van der Waals surface area contributed by atoms with E-state index >= 15 is 0 Å². The molecule has 0 spiro atoms. The van der Waals surface area contributed by atoms with Crippen LogP contribution in [0.2, 0.25) is 0 Å². The van der Waals surface area contributed by atoms with Crippen molar-refractivity contribution in [2.45, 2.75) is 11.5 Å². The van der Waals surface area contributed by atoms with Crippen LogP contribution in [-0.2, 0) is 11.5 Å². The van der Waals surface area contributed by atoms with E-state index in [2.05, 4.69) is 34.2 Å². The van der Waals surface area contributed by atoms with Gasteiger partial charge in [0.1, 0.15) is 5.82 Å². The first kappa shape index (κ1) is 11.0. The van der Waals surface area contributed by atoms with E-state index < -0.39 is 0 Å². The van der Waals surface area contributed by atoms with Crippen LogP contribution in [0.4, 0.5) is 5.82 Å². The zero-order valence-electron chi connectivity index (χ0n) is 8.84. The van der Waals surface area contributed by atoms with E-state index in [0.29, 0.717) is 5.82 Å². The third-order valence-electron chi connectivity index (χ3n) is 2.09. The van der Waals surface area contributed by atoms with Crippen molar-refractivity contribution in [2.24, 2.45) is 0 Å². The summed E-state index contributed by atoms with van der Waals surface area (Å²) < 4.78 is 0. The molecule has 3 nitrogen and oxygen atoms in total. The van der Waals surface area contributed by atoms with Crippen molar-refractivity contribution in [3.8, 4) is 0 Å². The van der Waals surface area contributed by atoms with E-state index in [1.54, 1.807) is 12.4 Å². The number of aromatic nitrogens is 2. The summed E-state index contributed by atoms with van der Waals surface area (Å²) in [5.41, 5.74) is 7.76. The summed E-state index contributed by atoms with van der Waals surface area (Å²) in [5.74, 6) is 2.33. The van der Waals surface area contributed by atoms with Gasteiger partial charge in [-0.2, -0.15) is 11.8 Å². The molecule has 2 aromatic rings. The van der Waals surface area contributed by atoms with Crippen LogP contribution in [0, 0.1) is 0 Å². The lowest BCUT2D eigenvalue weighted by Crippen LogP contribution is -1.94. The van der Waals surface area contributed by atoms with E-state index in [1.165, 1.54) is 5.56 Å². The highest BCUT2D eigenvalue weighted by Gasteiger charge is 1.97. The van der Waals surface area contributed by atoms with Crippen molar-refractivity contribution in [1.82, 2.24) is 9.97 Å². The van der Waals surface area contributed by atoms with Crippen LogP contribution in [0.5, 0.6) is 0 Å². The van der Waals surface area contributed by atoms with E-state index in [-0.39, 0.29) is 0 Å². The van der Waals surface area contributed by atoms with Gasteiger partial charge in [-0.25, -0.2) is 4.98 Å². The number of benzene rings is 1. The molecule has 2 rings (SSSR count). The Labute approximate surface area is 99.1 Å². The zero-order valence-corrected chi connectivity index (χ0v) is 9.65. The molecule has 0 fully saturated rings. The molecule has 1 aromatic carbocycles. The van der Waals surface area contributed by atoms with Gasteiger partial charge in [0.25, 0.3) is 0 Å². The molecule has 16 heavy (non-hydrogen) atoms. The van der Waals surface area contributed by atoms with Crippen LogP contribution in [0.25, 0.3) is 0 Å². The maximum Gasteiger partial charge on any atom is 0.141 e. The fourth-order valence-electron chi connectivity index (χ4n) is 1.29. The summed E-state index contributed by atoms with van der Waals surface area (Å²) in [6.07, 6.45) is 3.33. The second-order valence-electron chi connectivity index (χ2n) is 3.41. The van der Waals surface area contributed by atoms with Gasteiger partial charge in [0.15, 0.2) is 0 Å². The SMILES string of the molecule is Nc1cnc(CSCc2ccccc2)cn1. The summed E-state index contributed by atoms with van der Waals surface area (Å²) in [6.45, 7) is 0. The van der Waals surface area contributed by atoms with Gasteiger partial charge in [0.05, 0.1) is 18.1 Å². The lowest BCUT2D eigenvalue weighted by Gasteiger charge is -2.01. The average Bonchev–Trinajstić information content (AvgIpc) is 2.33. The molecule has 0 aliphatic rings. The third kappa shape index (κ3) is 3.24. The predicted molar refractivity (Wildman–Crippen MR) is 67.9 cm³/mol. The van der Waals surface area contributed by atoms with Gasteiger partial charge >= 0.3 is 0 Å². The van der Waals surface area contributed by atoms with Crippen LogP contribution in [0.3, 0.4) is 0 Å². The predicted octanol–water partition coefficient (Wildman–Crippen LogP) is 2.49. The third-order valence-corrected chi connectivity index (χ3v) is 3.12. The number of hydrogen-bond donors (Lipinski definition) is 1. The average molecular weight is 231 g/mol. The van der Waals surface area contributed by atoms with Crippen molar-refractivity contribution in [1.29, 1.82) is 0 Å². The topological polar surface area (TPSA) is 51.8 Å². The summed E-state index contributed by atoms with van der Waals surface area (Å²) >= 11 is 1.82. The van der Waals surface area contributed by atoms with Crippen molar-refractivity contribution in [3.63, 3.8) is 0 Å². The molecule has 82 valence electrons. The van der Waals surface area contributed by atoms with Crippen LogP contribution in [-0.4, -0.2) is 9.97 Å². The Kier molecular flexibility index (Phi) is 3.77. The Balaban J connectivity index is 1.82. The minimum atomic E-state index is 0.469. The van der Waals surface area contributed by atoms with Crippen molar-refractivity contribution >= 4 is 17.6 Å². The fourth-order valence-corrected chi connectivity index (χ4v) is 2.18. The molecule has 2 N–H and O–H groups in total. The van der Waals surface area contributed by atoms with Gasteiger partial charge in [-0.05, 0) is 5.56 Å². The second-order valence-corrected chi connectivity index (χ2v) is 4.40. The van der Waals surface area contributed by atoms with Crippen LogP contribution < -0.4 is 5.73 Å². The zero-order chi connectivity index (χ0) is 11.2. The number of thioether (sulfide) groups is 1. The van der Waals surface area contributed by atoms with Crippen molar-refractivity contribution < 1.29 is 0 Å². The maximum absolute atomic E-state index is 5.47. The Morgan fingerprint density at radius 2 is 1.81 bits per heavy atom. The van der Waals surface area contributed by atoms with Gasteiger partial charge in [-0.3, -0.25) is 4.98 Å². The minimum absolute atomic E-state index is 0.469. The number of nitrogens with zero attached hydrogens (tertiary/aromatic N) is 2. The lowest BCUT2D eigenvalue weighted by molar-refractivity contribution is 1.11. The number of nitrogens with two attached hydrogens (primary N) is 1. The fraction of sp³-hybridized carbons (Fsp3) is 0.167. The minimum Gasteiger partial charge on any atom is -0.382 e. The summed E-state index contributed by atoms with van der Waals surface area (Å²) in [7, 11) is 0. The molecular formula is C12H13N3S. The van der Waals surface area contributed by atoms with E-state index in [1.807, 2.05) is 17.8 Å². The highest BCUT2D eigenvalue weighted by Crippen LogP contribution is 2.15. The van der Waals surface area contributed by atoms with Gasteiger partial charge in [-0.15, -0.1) is 0 Å². The van der Waals surface area contributed by atoms with E-state index in [4.69, 9.17) is 5.73 Å². The summed E-state index contributed by atoms with van der Waals surface area (Å²) in [5, 5.41) is 0. The van der Waals surface area contributed by atoms with E-state index in [0.717, 1.165) is 17.2 Å². The van der Waals surface area contributed by atoms with Crippen LogP contribution in [0.15, 0.2) is 42.7 Å². The molecule has 0 radical (unpaired) electrons. The van der Waals surface area contributed by atoms with E-state index in [9.17, 15) is 0 Å². The molecule has 0 amide bonds. The molecule has 1 aromatic heterocycles. The first-order chi connectivity index (χ1) is 7.84. The molecule has 0 atom stereocenters. The number of nitrogen functional groups attached to an aromatic ring is 1. The molecule has 0 bridgehead atoms. The quantitative estimate of drug-likeness (QED) is 0.878. The first-order valence-electron chi connectivity index (χ1n) is 5.02. The number of hydrogen-bond acceptors (Lipinski definition) is 4. The molecule has 0 aliphatic carbocycles. The summed E-state index contributed by atoms with van der Waals surface area (Å²) in [6, 6.07) is 10.4. The highest BCUT2D eigenvalue weighted by atomic mass is 32.2. The normalized spacial score (nSPS) is 10.2. The number of anilines is 1. The molecule has 4 heteroatoms. The highest BCUT2D eigenvalue weighted by molar-refractivity contribution is 7.97. The maximum atomic E-state index is 5.47. The molecule has 0 saturated heterocycles. The monoisotopic (exact) mass is 231 g/mol. The molecule has 0 saturated carbocycles. The smallest absolute Gasteiger partial charge is 0.141 e. The van der Waals surface area contributed by atoms with Gasteiger partial charge in [-0.1, -0.05) is 30.3 Å². The second kappa shape index (κ2) is 5.51. The van der Waals surface area contributed by atoms with Gasteiger partial charge in [0.2, 0.25) is 0 Å². The largest absolute Gasteiger partial charge is 0.382 e. The molecule has 0 unspecified atom stereocenters. The van der Waals surface area contributed by atoms with Crippen LogP contribution in [0.1, 0.15) is 11.3 Å². The Bertz CT molecular complexity index is 428.